The van der Waals surface area contributed by atoms with Gasteiger partial charge in [0.25, 0.3) is 0 Å². The van der Waals surface area contributed by atoms with Gasteiger partial charge in [0, 0.05) is 38.4 Å². The van der Waals surface area contributed by atoms with E-state index in [2.05, 4.69) is 136 Å². The van der Waals surface area contributed by atoms with Gasteiger partial charge in [0.05, 0.1) is 51.1 Å². The van der Waals surface area contributed by atoms with Crippen LogP contribution in [0.2, 0.25) is 0 Å². The molecular weight excluding hydrogens is 637 g/mol. The van der Waals surface area contributed by atoms with Crippen LogP contribution in [0.5, 0.6) is 0 Å². The Labute approximate surface area is 299 Å². The predicted octanol–water partition coefficient (Wildman–Crippen LogP) is 10.6. The Kier molecular flexibility index (Phi) is 6.83. The molecule has 1 atom stereocenters. The summed E-state index contributed by atoms with van der Waals surface area (Å²) < 4.78 is 4.78. The number of benzene rings is 6. The molecular formula is C46H30N6. The first-order valence-corrected chi connectivity index (χ1v) is 17.4. The van der Waals surface area contributed by atoms with E-state index in [0.717, 1.165) is 50.6 Å². The summed E-state index contributed by atoms with van der Waals surface area (Å²) in [5, 5.41) is 18.1. The summed E-state index contributed by atoms with van der Waals surface area (Å²) >= 11 is 0. The SMILES string of the molecule is N#Cc1ccc(-c2cc(C3C=CC=C(n4c5ccccc5c5ccc6c7ccccc7n(-c7ccccc7)c6c54)N3)nc(-c3ccccc3)n2)cc1. The standard InChI is InChI=1S/C46H30N6/c47-29-30-22-24-31(25-23-30)39-28-40(50-46(49-39)32-12-3-1-4-13-32)38-18-11-21-43(48-38)52-42-20-10-8-17-35(42)37-27-26-36-34-16-7-9-19-41(34)51(44(36)45(37)52)33-14-5-2-6-15-33/h1-28,38,48H. The summed E-state index contributed by atoms with van der Waals surface area (Å²) in [5.41, 5.74) is 9.82. The molecule has 1 aliphatic rings. The molecule has 6 nitrogen and oxygen atoms in total. The molecule has 1 aliphatic heterocycles. The minimum absolute atomic E-state index is 0.238. The Hall–Kier alpha value is -7.23. The molecule has 244 valence electrons. The first kappa shape index (κ1) is 29.7. The molecule has 10 rings (SSSR count). The number of hydrogen-bond acceptors (Lipinski definition) is 4. The van der Waals surface area contributed by atoms with Gasteiger partial charge in [-0.05, 0) is 48.5 Å². The van der Waals surface area contributed by atoms with E-state index in [4.69, 9.17) is 9.97 Å². The van der Waals surface area contributed by atoms with E-state index in [1.54, 1.807) is 0 Å². The second-order valence-corrected chi connectivity index (χ2v) is 13.0. The van der Waals surface area contributed by atoms with Crippen LogP contribution >= 0.6 is 0 Å². The van der Waals surface area contributed by atoms with Gasteiger partial charge in [0.2, 0.25) is 0 Å². The molecule has 6 heteroatoms. The molecule has 4 heterocycles. The second kappa shape index (κ2) is 12.0. The first-order chi connectivity index (χ1) is 25.7. The molecule has 9 aromatic rings. The zero-order chi connectivity index (χ0) is 34.6. The van der Waals surface area contributed by atoms with Gasteiger partial charge in [-0.1, -0.05) is 121 Å². The number of nitriles is 1. The molecule has 1 unspecified atom stereocenters. The number of nitrogens with zero attached hydrogens (tertiary/aromatic N) is 5. The number of nitrogens with one attached hydrogen (secondary N) is 1. The average Bonchev–Trinajstić information content (AvgIpc) is 3.75. The van der Waals surface area contributed by atoms with Crippen LogP contribution in [-0.4, -0.2) is 19.1 Å². The molecule has 0 fully saturated rings. The maximum Gasteiger partial charge on any atom is 0.160 e. The fourth-order valence-corrected chi connectivity index (χ4v) is 7.63. The van der Waals surface area contributed by atoms with E-state index in [9.17, 15) is 5.26 Å². The van der Waals surface area contributed by atoms with Crippen molar-refractivity contribution in [3.05, 3.63) is 181 Å². The van der Waals surface area contributed by atoms with Crippen molar-refractivity contribution in [1.82, 2.24) is 24.4 Å². The number of para-hydroxylation sites is 3. The zero-order valence-corrected chi connectivity index (χ0v) is 28.0. The number of hydrogen-bond donors (Lipinski definition) is 1. The lowest BCUT2D eigenvalue weighted by Gasteiger charge is -2.24. The number of allylic oxidation sites excluding steroid dienone is 2. The van der Waals surface area contributed by atoms with E-state index in [-0.39, 0.29) is 6.04 Å². The lowest BCUT2D eigenvalue weighted by molar-refractivity contribution is 0.711. The minimum atomic E-state index is -0.238. The van der Waals surface area contributed by atoms with Gasteiger partial charge in [0.1, 0.15) is 5.82 Å². The number of aromatic nitrogens is 4. The molecule has 3 aromatic heterocycles. The summed E-state index contributed by atoms with van der Waals surface area (Å²) in [7, 11) is 0. The van der Waals surface area contributed by atoms with Crippen molar-refractivity contribution in [1.29, 1.82) is 5.26 Å². The van der Waals surface area contributed by atoms with E-state index in [0.29, 0.717) is 11.4 Å². The summed E-state index contributed by atoms with van der Waals surface area (Å²) in [6.45, 7) is 0. The number of rotatable bonds is 5. The van der Waals surface area contributed by atoms with Crippen molar-refractivity contribution >= 4 is 49.4 Å². The van der Waals surface area contributed by atoms with Crippen LogP contribution in [0.3, 0.4) is 0 Å². The van der Waals surface area contributed by atoms with Crippen molar-refractivity contribution in [2.24, 2.45) is 0 Å². The molecule has 0 bridgehead atoms. The summed E-state index contributed by atoms with van der Waals surface area (Å²) in [6, 6.07) is 54.2. The number of fused-ring (bicyclic) bond motifs is 7. The van der Waals surface area contributed by atoms with E-state index >= 15 is 0 Å². The molecule has 6 aromatic carbocycles. The van der Waals surface area contributed by atoms with Crippen LogP contribution in [0.25, 0.3) is 77.8 Å². The van der Waals surface area contributed by atoms with Gasteiger partial charge in [-0.15, -0.1) is 0 Å². The Morgan fingerprint density at radius 3 is 1.88 bits per heavy atom. The van der Waals surface area contributed by atoms with Crippen molar-refractivity contribution in [3.8, 4) is 34.4 Å². The normalized spacial score (nSPS) is 14.1. The predicted molar refractivity (Wildman–Crippen MR) is 211 cm³/mol. The van der Waals surface area contributed by atoms with Crippen LogP contribution in [-0.2, 0) is 0 Å². The molecule has 0 spiro atoms. The van der Waals surface area contributed by atoms with Gasteiger partial charge in [-0.2, -0.15) is 5.26 Å². The maximum atomic E-state index is 9.41. The van der Waals surface area contributed by atoms with Crippen LogP contribution < -0.4 is 5.32 Å². The Bertz CT molecular complexity index is 2930. The Balaban J connectivity index is 1.18. The zero-order valence-electron chi connectivity index (χ0n) is 28.0. The van der Waals surface area contributed by atoms with Crippen LogP contribution in [0.15, 0.2) is 170 Å². The fourth-order valence-electron chi connectivity index (χ4n) is 7.63. The summed E-state index contributed by atoms with van der Waals surface area (Å²) in [6.07, 6.45) is 6.42. The molecule has 0 radical (unpaired) electrons. The third-order valence-corrected chi connectivity index (χ3v) is 9.99. The lowest BCUT2D eigenvalue weighted by Crippen LogP contribution is -2.25. The van der Waals surface area contributed by atoms with Crippen LogP contribution in [0.1, 0.15) is 17.3 Å². The van der Waals surface area contributed by atoms with E-state index in [1.807, 2.05) is 54.6 Å². The van der Waals surface area contributed by atoms with E-state index < -0.39 is 0 Å². The van der Waals surface area contributed by atoms with Crippen molar-refractivity contribution < 1.29 is 0 Å². The fraction of sp³-hybridized carbons (Fsp3) is 0.0217. The quantitative estimate of drug-likeness (QED) is 0.198. The average molecular weight is 667 g/mol. The van der Waals surface area contributed by atoms with Crippen molar-refractivity contribution in [3.63, 3.8) is 0 Å². The van der Waals surface area contributed by atoms with Gasteiger partial charge in [0.15, 0.2) is 5.82 Å². The van der Waals surface area contributed by atoms with Crippen molar-refractivity contribution in [2.75, 3.05) is 0 Å². The van der Waals surface area contributed by atoms with E-state index in [1.165, 1.54) is 27.1 Å². The third kappa shape index (κ3) is 4.72. The molecule has 1 N–H and O–H groups in total. The van der Waals surface area contributed by atoms with Gasteiger partial charge in [-0.25, -0.2) is 9.97 Å². The highest BCUT2D eigenvalue weighted by Gasteiger charge is 2.24. The van der Waals surface area contributed by atoms with Gasteiger partial charge >= 0.3 is 0 Å². The Morgan fingerprint density at radius 2 is 1.19 bits per heavy atom. The molecule has 0 aliphatic carbocycles. The van der Waals surface area contributed by atoms with Gasteiger partial charge in [-0.3, -0.25) is 4.57 Å². The highest BCUT2D eigenvalue weighted by atomic mass is 15.2. The smallest absolute Gasteiger partial charge is 0.160 e. The van der Waals surface area contributed by atoms with Crippen LogP contribution in [0.4, 0.5) is 0 Å². The van der Waals surface area contributed by atoms with Gasteiger partial charge < -0.3 is 9.88 Å². The molecule has 52 heavy (non-hydrogen) atoms. The highest BCUT2D eigenvalue weighted by Crippen LogP contribution is 2.42. The third-order valence-electron chi connectivity index (χ3n) is 9.99. The monoisotopic (exact) mass is 666 g/mol. The molecule has 0 saturated carbocycles. The molecule has 0 saturated heterocycles. The van der Waals surface area contributed by atoms with Crippen molar-refractivity contribution in [2.45, 2.75) is 6.04 Å². The number of dihydropyridines is 1. The topological polar surface area (TPSA) is 71.5 Å². The second-order valence-electron chi connectivity index (χ2n) is 13.0. The summed E-state index contributed by atoms with van der Waals surface area (Å²) in [4.78, 5) is 10.1. The highest BCUT2D eigenvalue weighted by molar-refractivity contribution is 6.24. The maximum absolute atomic E-state index is 9.41. The van der Waals surface area contributed by atoms with Crippen LogP contribution in [0, 0.1) is 11.3 Å². The largest absolute Gasteiger partial charge is 0.359 e. The summed E-state index contributed by atoms with van der Waals surface area (Å²) in [5.74, 6) is 1.60. The molecule has 0 amide bonds. The lowest BCUT2D eigenvalue weighted by atomic mass is 10.0. The minimum Gasteiger partial charge on any atom is -0.359 e. The first-order valence-electron chi connectivity index (χ1n) is 17.4. The Morgan fingerprint density at radius 1 is 0.577 bits per heavy atom.